The van der Waals surface area contributed by atoms with Gasteiger partial charge in [-0.05, 0) is 73.6 Å². The van der Waals surface area contributed by atoms with Gasteiger partial charge >= 0.3 is 0 Å². The monoisotopic (exact) mass is 467 g/mol. The third-order valence-corrected chi connectivity index (χ3v) is 7.47. The molecule has 1 fully saturated rings. The fourth-order valence-electron chi connectivity index (χ4n) is 4.74. The minimum absolute atomic E-state index is 0. The molecule has 0 atom stereocenters. The summed E-state index contributed by atoms with van der Waals surface area (Å²) < 4.78 is 21.5. The molecule has 0 unspecified atom stereocenters. The number of rotatable bonds is 5. The number of aromatic nitrogens is 1. The number of fused-ring (bicyclic) bond motifs is 3. The van der Waals surface area contributed by atoms with Crippen LogP contribution in [0, 0.1) is 11.7 Å². The zero-order valence-corrected chi connectivity index (χ0v) is 18.8. The highest BCUT2D eigenvalue weighted by molar-refractivity contribution is 7.17. The fraction of sp³-hybridized carbons (Fsp3) is 0.346. The van der Waals surface area contributed by atoms with Crippen molar-refractivity contribution in [1.82, 2.24) is 9.88 Å². The molecule has 33 heavy (non-hydrogen) atoms. The number of benzene rings is 2. The lowest BCUT2D eigenvalue weighted by Gasteiger charge is -2.31. The Bertz CT molecular complexity index is 1340. The van der Waals surface area contributed by atoms with Gasteiger partial charge in [-0.3, -0.25) is 9.69 Å². The molecule has 1 aliphatic rings. The van der Waals surface area contributed by atoms with Crippen LogP contribution in [0.3, 0.4) is 0 Å². The Morgan fingerprint density at radius 1 is 1.21 bits per heavy atom. The molecule has 174 valence electrons. The second-order valence-electron chi connectivity index (χ2n) is 8.44. The summed E-state index contributed by atoms with van der Waals surface area (Å²) in [5, 5.41) is 3.63. The van der Waals surface area contributed by atoms with Gasteiger partial charge in [-0.15, -0.1) is 11.3 Å². The predicted molar refractivity (Wildman–Crippen MR) is 136 cm³/mol. The first kappa shape index (κ1) is 23.4. The van der Waals surface area contributed by atoms with E-state index in [0.717, 1.165) is 54.4 Å². The van der Waals surface area contributed by atoms with Gasteiger partial charge in [-0.2, -0.15) is 0 Å². The molecule has 2 aromatic heterocycles. The van der Waals surface area contributed by atoms with Crippen molar-refractivity contribution in [2.45, 2.75) is 26.8 Å². The van der Waals surface area contributed by atoms with Gasteiger partial charge in [0, 0.05) is 34.0 Å². The second kappa shape index (κ2) is 9.63. The molecule has 5 nitrogen and oxygen atoms in total. The maximum absolute atomic E-state index is 15.2. The summed E-state index contributed by atoms with van der Waals surface area (Å²) in [6, 6.07) is 11.0. The molecule has 0 radical (unpaired) electrons. The standard InChI is InChI=1S/C25H26FN3O2S.CH4/c1-31-21-5-4-20-23(18-8-11-32-24(18)25(30)28-20)22(21)16-2-3-17(19(26)12-16)14-29-9-6-15(13-27)7-10-29;/h2-5,8,11-12,15H,6-7,9-10,13-14,27H2,1H3,(H,28,30);1H4. The number of thiophene rings is 1. The van der Waals surface area contributed by atoms with E-state index in [9.17, 15) is 4.79 Å². The van der Waals surface area contributed by atoms with E-state index in [2.05, 4.69) is 9.88 Å². The van der Waals surface area contributed by atoms with Gasteiger partial charge in [0.2, 0.25) is 0 Å². The van der Waals surface area contributed by atoms with E-state index in [1.165, 1.54) is 11.3 Å². The van der Waals surface area contributed by atoms with Crippen LogP contribution in [0.1, 0.15) is 25.8 Å². The first-order valence-electron chi connectivity index (χ1n) is 10.9. The third-order valence-electron chi connectivity index (χ3n) is 6.55. The van der Waals surface area contributed by atoms with Gasteiger partial charge in [0.25, 0.3) is 5.56 Å². The molecule has 3 N–H and O–H groups in total. The molecule has 1 aliphatic heterocycles. The van der Waals surface area contributed by atoms with E-state index in [4.69, 9.17) is 10.5 Å². The summed E-state index contributed by atoms with van der Waals surface area (Å²) in [5.74, 6) is 0.999. The topological polar surface area (TPSA) is 71.4 Å². The lowest BCUT2D eigenvalue weighted by Crippen LogP contribution is -2.35. The van der Waals surface area contributed by atoms with Crippen LogP contribution in [0.15, 0.2) is 46.6 Å². The normalized spacial score (nSPS) is 15.1. The van der Waals surface area contributed by atoms with Gasteiger partial charge in [0.15, 0.2) is 0 Å². The lowest BCUT2D eigenvalue weighted by atomic mass is 9.95. The SMILES string of the molecule is C.COc1ccc2[nH]c(=O)c3sccc3c2c1-c1ccc(CN2CCC(CN)CC2)c(F)c1. The number of halogens is 1. The van der Waals surface area contributed by atoms with Gasteiger partial charge < -0.3 is 15.5 Å². The van der Waals surface area contributed by atoms with Crippen LogP contribution in [0.4, 0.5) is 4.39 Å². The summed E-state index contributed by atoms with van der Waals surface area (Å²) in [6.45, 7) is 3.22. The smallest absolute Gasteiger partial charge is 0.266 e. The lowest BCUT2D eigenvalue weighted by molar-refractivity contribution is 0.178. The molecule has 0 amide bonds. The summed E-state index contributed by atoms with van der Waals surface area (Å²) in [4.78, 5) is 17.7. The number of H-pyrrole nitrogens is 1. The number of methoxy groups -OCH3 is 1. The summed E-state index contributed by atoms with van der Waals surface area (Å²) in [6.07, 6.45) is 2.14. The number of aromatic amines is 1. The quantitative estimate of drug-likeness (QED) is 0.414. The first-order valence-corrected chi connectivity index (χ1v) is 11.8. The molecule has 1 saturated heterocycles. The molecule has 2 aromatic carbocycles. The summed E-state index contributed by atoms with van der Waals surface area (Å²) >= 11 is 1.40. The minimum atomic E-state index is -0.228. The molecule has 0 aliphatic carbocycles. The van der Waals surface area contributed by atoms with Gasteiger partial charge in [0.1, 0.15) is 16.3 Å². The average molecular weight is 468 g/mol. The average Bonchev–Trinajstić information content (AvgIpc) is 3.31. The van der Waals surface area contributed by atoms with Crippen LogP contribution in [0.5, 0.6) is 5.75 Å². The van der Waals surface area contributed by atoms with Crippen LogP contribution < -0.4 is 16.0 Å². The Balaban J connectivity index is 0.00000259. The van der Waals surface area contributed by atoms with Gasteiger partial charge in [0.05, 0.1) is 7.11 Å². The van der Waals surface area contributed by atoms with Crippen LogP contribution >= 0.6 is 11.3 Å². The number of piperidine rings is 1. The third kappa shape index (κ3) is 4.28. The number of pyridine rings is 1. The van der Waals surface area contributed by atoms with Crippen molar-refractivity contribution in [3.8, 4) is 16.9 Å². The van der Waals surface area contributed by atoms with Crippen molar-refractivity contribution in [1.29, 1.82) is 0 Å². The van der Waals surface area contributed by atoms with E-state index in [1.807, 2.05) is 35.7 Å². The zero-order valence-electron chi connectivity index (χ0n) is 18.0. The number of hydrogen-bond donors (Lipinski definition) is 2. The molecular formula is C26H30FN3O2S. The van der Waals surface area contributed by atoms with Crippen LogP contribution in [0.25, 0.3) is 32.1 Å². The number of ether oxygens (including phenoxy) is 1. The minimum Gasteiger partial charge on any atom is -0.496 e. The van der Waals surface area contributed by atoms with Crippen molar-refractivity contribution in [2.24, 2.45) is 11.7 Å². The molecule has 0 spiro atoms. The molecule has 4 aromatic rings. The molecule has 7 heteroatoms. The van der Waals surface area contributed by atoms with Gasteiger partial charge in [-0.25, -0.2) is 4.39 Å². The van der Waals surface area contributed by atoms with Crippen molar-refractivity contribution < 1.29 is 9.13 Å². The molecule has 0 bridgehead atoms. The molecule has 3 heterocycles. The molecular weight excluding hydrogens is 437 g/mol. The Hall–Kier alpha value is -2.74. The van der Waals surface area contributed by atoms with Crippen LogP contribution in [-0.4, -0.2) is 36.6 Å². The van der Waals surface area contributed by atoms with E-state index >= 15 is 4.39 Å². The highest BCUT2D eigenvalue weighted by atomic mass is 32.1. The number of nitrogens with zero attached hydrogens (tertiary/aromatic N) is 1. The van der Waals surface area contributed by atoms with E-state index in [1.54, 1.807) is 13.2 Å². The number of hydrogen-bond acceptors (Lipinski definition) is 5. The Morgan fingerprint density at radius 2 is 2.00 bits per heavy atom. The van der Waals surface area contributed by atoms with E-state index < -0.39 is 0 Å². The summed E-state index contributed by atoms with van der Waals surface area (Å²) in [5.41, 5.74) is 8.60. The first-order chi connectivity index (χ1) is 15.6. The van der Waals surface area contributed by atoms with Crippen molar-refractivity contribution in [3.63, 3.8) is 0 Å². The highest BCUT2D eigenvalue weighted by Gasteiger charge is 2.21. The summed E-state index contributed by atoms with van der Waals surface area (Å²) in [7, 11) is 1.61. The Labute approximate surface area is 197 Å². The molecule has 5 rings (SSSR count). The maximum Gasteiger partial charge on any atom is 0.266 e. The molecule has 0 saturated carbocycles. The number of nitrogens with one attached hydrogen (secondary N) is 1. The Kier molecular flexibility index (Phi) is 6.83. The van der Waals surface area contributed by atoms with Crippen LogP contribution in [-0.2, 0) is 6.54 Å². The van der Waals surface area contributed by atoms with Crippen molar-refractivity contribution in [3.05, 3.63) is 63.5 Å². The number of nitrogens with two attached hydrogens (primary N) is 1. The largest absolute Gasteiger partial charge is 0.496 e. The van der Waals surface area contributed by atoms with E-state index in [0.29, 0.717) is 34.0 Å². The van der Waals surface area contributed by atoms with E-state index in [-0.39, 0.29) is 18.8 Å². The fourth-order valence-corrected chi connectivity index (χ4v) is 5.53. The predicted octanol–water partition coefficient (Wildman–Crippen LogP) is 5.36. The second-order valence-corrected chi connectivity index (χ2v) is 9.36. The maximum atomic E-state index is 15.2. The van der Waals surface area contributed by atoms with Gasteiger partial charge in [-0.1, -0.05) is 19.6 Å². The van der Waals surface area contributed by atoms with Crippen molar-refractivity contribution >= 4 is 32.3 Å². The zero-order chi connectivity index (χ0) is 22.2. The number of likely N-dealkylation sites (tertiary alicyclic amines) is 1. The highest BCUT2D eigenvalue weighted by Crippen LogP contribution is 2.40. The van der Waals surface area contributed by atoms with Crippen LogP contribution in [0.2, 0.25) is 0 Å². The Morgan fingerprint density at radius 3 is 2.70 bits per heavy atom. The van der Waals surface area contributed by atoms with Crippen molar-refractivity contribution in [2.75, 3.05) is 26.7 Å².